The number of para-hydroxylation sites is 1. The molecule has 1 amide bonds. The molecule has 3 aromatic rings. The smallest absolute Gasteiger partial charge is 0.235 e. The van der Waals surface area contributed by atoms with E-state index in [-0.39, 0.29) is 17.4 Å². The number of halogens is 1. The maximum Gasteiger partial charge on any atom is 0.235 e. The summed E-state index contributed by atoms with van der Waals surface area (Å²) in [5.74, 6) is 1.07. The molecule has 0 saturated carbocycles. The highest BCUT2D eigenvalue weighted by atomic mass is 35.5. The second-order valence-corrected chi connectivity index (χ2v) is 9.30. The van der Waals surface area contributed by atoms with Gasteiger partial charge >= 0.3 is 0 Å². The molecule has 0 radical (unpaired) electrons. The number of carbonyl (C=O) groups is 1. The van der Waals surface area contributed by atoms with Gasteiger partial charge in [-0.25, -0.2) is 4.98 Å². The summed E-state index contributed by atoms with van der Waals surface area (Å²) in [5.41, 5.74) is 2.45. The summed E-state index contributed by atoms with van der Waals surface area (Å²) in [6, 6.07) is 17.5. The quantitative estimate of drug-likeness (QED) is 0.561. The van der Waals surface area contributed by atoms with Crippen LogP contribution < -0.4 is 4.90 Å². The molecule has 1 aliphatic heterocycles. The SMILES string of the molecule is Cc1oc(-c2ccccc2Cl)nc1C[S@@](=O)CC(=O)N1CCN(c2ccccc2)CC1. The van der Waals surface area contributed by atoms with Crippen molar-refractivity contribution >= 4 is 34.0 Å². The summed E-state index contributed by atoms with van der Waals surface area (Å²) in [4.78, 5) is 21.2. The monoisotopic (exact) mass is 457 g/mol. The molecule has 1 aromatic heterocycles. The maximum absolute atomic E-state index is 12.7. The highest BCUT2D eigenvalue weighted by molar-refractivity contribution is 7.84. The molecule has 4 rings (SSSR count). The number of oxazole rings is 1. The van der Waals surface area contributed by atoms with Crippen molar-refractivity contribution in [3.63, 3.8) is 0 Å². The summed E-state index contributed by atoms with van der Waals surface area (Å²) in [5, 5.41) is 0.543. The fourth-order valence-corrected chi connectivity index (χ4v) is 4.95. The van der Waals surface area contributed by atoms with Crippen LogP contribution in [0.15, 0.2) is 59.0 Å². The lowest BCUT2D eigenvalue weighted by Gasteiger charge is -2.36. The number of rotatable bonds is 6. The van der Waals surface area contributed by atoms with Crippen molar-refractivity contribution in [2.45, 2.75) is 12.7 Å². The van der Waals surface area contributed by atoms with E-state index < -0.39 is 10.8 Å². The zero-order valence-corrected chi connectivity index (χ0v) is 18.9. The molecule has 2 heterocycles. The zero-order chi connectivity index (χ0) is 21.8. The summed E-state index contributed by atoms with van der Waals surface area (Å²) in [7, 11) is -1.37. The van der Waals surface area contributed by atoms with Crippen LogP contribution in [0.3, 0.4) is 0 Å². The third-order valence-corrected chi connectivity index (χ3v) is 6.83. The van der Waals surface area contributed by atoms with Gasteiger partial charge in [0.05, 0.1) is 22.0 Å². The van der Waals surface area contributed by atoms with Crippen LogP contribution in [0.2, 0.25) is 5.02 Å². The lowest BCUT2D eigenvalue weighted by molar-refractivity contribution is -0.128. The van der Waals surface area contributed by atoms with Gasteiger partial charge < -0.3 is 14.2 Å². The van der Waals surface area contributed by atoms with E-state index in [1.807, 2.05) is 36.4 Å². The average molecular weight is 458 g/mol. The summed E-state index contributed by atoms with van der Waals surface area (Å²) in [6.45, 7) is 4.58. The summed E-state index contributed by atoms with van der Waals surface area (Å²) < 4.78 is 18.4. The lowest BCUT2D eigenvalue weighted by atomic mass is 10.2. The largest absolute Gasteiger partial charge is 0.441 e. The van der Waals surface area contributed by atoms with E-state index in [1.165, 1.54) is 0 Å². The van der Waals surface area contributed by atoms with Gasteiger partial charge in [0, 0.05) is 42.7 Å². The van der Waals surface area contributed by atoms with Crippen LogP contribution in [0, 0.1) is 6.92 Å². The van der Waals surface area contributed by atoms with Gasteiger partial charge in [-0.15, -0.1) is 0 Å². The van der Waals surface area contributed by atoms with Crippen molar-refractivity contribution in [1.29, 1.82) is 0 Å². The van der Waals surface area contributed by atoms with Crippen LogP contribution in [0.1, 0.15) is 11.5 Å². The van der Waals surface area contributed by atoms with Gasteiger partial charge in [-0.05, 0) is 31.2 Å². The molecular formula is C23H24ClN3O3S. The fraction of sp³-hybridized carbons (Fsp3) is 0.304. The van der Waals surface area contributed by atoms with Crippen molar-refractivity contribution < 1.29 is 13.4 Å². The average Bonchev–Trinajstić information content (AvgIpc) is 3.14. The first kappa shape index (κ1) is 21.6. The molecule has 0 spiro atoms. The van der Waals surface area contributed by atoms with Crippen LogP contribution in [0.25, 0.3) is 11.5 Å². The Morgan fingerprint density at radius 2 is 1.74 bits per heavy atom. The molecule has 162 valence electrons. The van der Waals surface area contributed by atoms with Crippen molar-refractivity contribution in [2.24, 2.45) is 0 Å². The van der Waals surface area contributed by atoms with Gasteiger partial charge in [-0.1, -0.05) is 41.9 Å². The number of hydrogen-bond donors (Lipinski definition) is 0. The molecule has 0 unspecified atom stereocenters. The van der Waals surface area contributed by atoms with E-state index in [2.05, 4.69) is 22.0 Å². The first-order valence-electron chi connectivity index (χ1n) is 10.1. The minimum absolute atomic E-state index is 0.0148. The lowest BCUT2D eigenvalue weighted by Crippen LogP contribution is -2.50. The predicted octanol–water partition coefficient (Wildman–Crippen LogP) is 3.90. The van der Waals surface area contributed by atoms with E-state index in [1.54, 1.807) is 17.9 Å². The van der Waals surface area contributed by atoms with Crippen molar-refractivity contribution in [3.8, 4) is 11.5 Å². The molecule has 0 bridgehead atoms. The van der Waals surface area contributed by atoms with Crippen molar-refractivity contribution in [2.75, 3.05) is 36.8 Å². The number of hydrogen-bond acceptors (Lipinski definition) is 5. The van der Waals surface area contributed by atoms with Gasteiger partial charge in [0.15, 0.2) is 0 Å². The van der Waals surface area contributed by atoms with Gasteiger partial charge in [0.25, 0.3) is 0 Å². The van der Waals surface area contributed by atoms with E-state index in [9.17, 15) is 9.00 Å². The van der Waals surface area contributed by atoms with Crippen molar-refractivity contribution in [1.82, 2.24) is 9.88 Å². The molecule has 1 fully saturated rings. The molecule has 1 saturated heterocycles. The number of amides is 1. The topological polar surface area (TPSA) is 66.7 Å². The molecule has 8 heteroatoms. The standard InChI is InChI=1S/C23H24ClN3O3S/c1-17-21(25-23(30-17)19-9-5-6-10-20(19)24)15-31(29)16-22(28)27-13-11-26(12-14-27)18-7-3-2-4-8-18/h2-10H,11-16H2,1H3/t31-/m1/s1. The Bertz CT molecular complexity index is 1080. The maximum atomic E-state index is 12.7. The van der Waals surface area contributed by atoms with E-state index >= 15 is 0 Å². The van der Waals surface area contributed by atoms with E-state index in [0.29, 0.717) is 41.0 Å². The Hall–Kier alpha value is -2.64. The Balaban J connectivity index is 1.32. The van der Waals surface area contributed by atoms with Crippen LogP contribution in [-0.4, -0.2) is 51.9 Å². The molecule has 0 N–H and O–H groups in total. The number of aromatic nitrogens is 1. The van der Waals surface area contributed by atoms with Crippen LogP contribution in [-0.2, 0) is 21.3 Å². The number of carbonyl (C=O) groups excluding carboxylic acids is 1. The molecule has 2 aromatic carbocycles. The highest BCUT2D eigenvalue weighted by Gasteiger charge is 2.23. The van der Waals surface area contributed by atoms with Crippen molar-refractivity contribution in [3.05, 3.63) is 71.1 Å². The summed E-state index contributed by atoms with van der Waals surface area (Å²) >= 11 is 6.22. The second-order valence-electron chi connectivity index (χ2n) is 7.43. The first-order chi connectivity index (χ1) is 15.0. The minimum Gasteiger partial charge on any atom is -0.441 e. The Morgan fingerprint density at radius 1 is 1.06 bits per heavy atom. The fourth-order valence-electron chi connectivity index (χ4n) is 3.60. The summed E-state index contributed by atoms with van der Waals surface area (Å²) in [6.07, 6.45) is 0. The number of nitrogens with zero attached hydrogens (tertiary/aromatic N) is 3. The predicted molar refractivity (Wildman–Crippen MR) is 124 cm³/mol. The van der Waals surface area contributed by atoms with Gasteiger partial charge in [-0.2, -0.15) is 0 Å². The molecule has 6 nitrogen and oxygen atoms in total. The Labute approximate surface area is 189 Å². The van der Waals surface area contributed by atoms with Crippen LogP contribution >= 0.6 is 11.6 Å². The van der Waals surface area contributed by atoms with Crippen LogP contribution in [0.5, 0.6) is 0 Å². The third-order valence-electron chi connectivity index (χ3n) is 5.33. The van der Waals surface area contributed by atoms with E-state index in [0.717, 1.165) is 18.8 Å². The zero-order valence-electron chi connectivity index (χ0n) is 17.3. The number of aryl methyl sites for hydroxylation is 1. The van der Waals surface area contributed by atoms with E-state index in [4.69, 9.17) is 16.0 Å². The normalized spacial score (nSPS) is 15.2. The second kappa shape index (κ2) is 9.66. The number of piperazine rings is 1. The Kier molecular flexibility index (Phi) is 6.73. The molecule has 0 aliphatic carbocycles. The van der Waals surface area contributed by atoms with Gasteiger partial charge in [-0.3, -0.25) is 9.00 Å². The molecular weight excluding hydrogens is 434 g/mol. The number of benzene rings is 2. The molecule has 1 aliphatic rings. The minimum atomic E-state index is -1.37. The number of anilines is 1. The third kappa shape index (κ3) is 5.17. The Morgan fingerprint density at radius 3 is 2.45 bits per heavy atom. The van der Waals surface area contributed by atoms with Gasteiger partial charge in [0.1, 0.15) is 11.5 Å². The van der Waals surface area contributed by atoms with Crippen LogP contribution in [0.4, 0.5) is 5.69 Å². The first-order valence-corrected chi connectivity index (χ1v) is 12.0. The molecule has 31 heavy (non-hydrogen) atoms. The molecule has 1 atom stereocenters. The highest BCUT2D eigenvalue weighted by Crippen LogP contribution is 2.28. The van der Waals surface area contributed by atoms with Gasteiger partial charge in [0.2, 0.25) is 11.8 Å².